The second-order valence-corrected chi connectivity index (χ2v) is 5.61. The molecule has 0 aliphatic carbocycles. The number of aryl methyl sites for hydroxylation is 1. The van der Waals surface area contributed by atoms with Gasteiger partial charge in [0.25, 0.3) is 5.91 Å². The maximum absolute atomic E-state index is 12.0. The molecule has 0 radical (unpaired) electrons. The van der Waals surface area contributed by atoms with Gasteiger partial charge in [0.2, 0.25) is 0 Å². The molecule has 1 atom stereocenters. The number of nitrogens with one attached hydrogen (secondary N) is 1. The Kier molecular flexibility index (Phi) is 4.19. The van der Waals surface area contributed by atoms with Crippen LogP contribution in [-0.4, -0.2) is 28.1 Å². The lowest BCUT2D eigenvalue weighted by Crippen LogP contribution is -2.49. The van der Waals surface area contributed by atoms with Gasteiger partial charge in [-0.15, -0.1) is 0 Å². The molecule has 1 aromatic rings. The lowest BCUT2D eigenvalue weighted by molar-refractivity contribution is -0.142. The molecule has 104 valence electrons. The Morgan fingerprint density at radius 1 is 1.26 bits per heavy atom. The number of carboxylic acid groups (broad SMARTS) is 1. The van der Waals surface area contributed by atoms with Crippen molar-refractivity contribution >= 4 is 11.9 Å². The molecule has 0 heterocycles. The zero-order chi connectivity index (χ0) is 14.8. The van der Waals surface area contributed by atoms with Gasteiger partial charge in [-0.05, 0) is 36.1 Å². The highest BCUT2D eigenvalue weighted by molar-refractivity contribution is 5.97. The van der Waals surface area contributed by atoms with Crippen LogP contribution in [0.1, 0.15) is 36.7 Å². The number of aliphatic carboxylic acids is 1. The average molecular weight is 265 g/mol. The van der Waals surface area contributed by atoms with E-state index in [1.807, 2.05) is 0 Å². The monoisotopic (exact) mass is 265 g/mol. The standard InChI is InChI=1S/C14H19NO4/c1-8-7-9(5-6-10(8)16)12(17)15-11(13(18)19)14(2,3)4/h5-7,11,16H,1-4H3,(H,15,17)(H,18,19)/t11-/m1/s1. The number of amides is 1. The van der Waals surface area contributed by atoms with Crippen molar-refractivity contribution < 1.29 is 19.8 Å². The van der Waals surface area contributed by atoms with Gasteiger partial charge in [-0.2, -0.15) is 0 Å². The van der Waals surface area contributed by atoms with Crippen molar-refractivity contribution in [2.45, 2.75) is 33.7 Å². The Morgan fingerprint density at radius 2 is 1.84 bits per heavy atom. The number of phenols is 1. The predicted molar refractivity (Wildman–Crippen MR) is 71.2 cm³/mol. The minimum Gasteiger partial charge on any atom is -0.508 e. The van der Waals surface area contributed by atoms with Gasteiger partial charge >= 0.3 is 5.97 Å². The van der Waals surface area contributed by atoms with Crippen molar-refractivity contribution in [2.75, 3.05) is 0 Å². The molecule has 0 bridgehead atoms. The lowest BCUT2D eigenvalue weighted by atomic mass is 9.86. The molecule has 0 saturated heterocycles. The van der Waals surface area contributed by atoms with Gasteiger partial charge in [0.15, 0.2) is 0 Å². The maximum atomic E-state index is 12.0. The van der Waals surface area contributed by atoms with E-state index >= 15 is 0 Å². The number of benzene rings is 1. The fourth-order valence-electron chi connectivity index (χ4n) is 1.66. The van der Waals surface area contributed by atoms with Crippen LogP contribution in [-0.2, 0) is 4.79 Å². The summed E-state index contributed by atoms with van der Waals surface area (Å²) >= 11 is 0. The number of rotatable bonds is 3. The highest BCUT2D eigenvalue weighted by Crippen LogP contribution is 2.21. The van der Waals surface area contributed by atoms with Crippen molar-refractivity contribution in [3.63, 3.8) is 0 Å². The Morgan fingerprint density at radius 3 is 2.26 bits per heavy atom. The molecule has 1 aromatic carbocycles. The minimum absolute atomic E-state index is 0.0992. The number of aromatic hydroxyl groups is 1. The predicted octanol–water partition coefficient (Wildman–Crippen LogP) is 1.93. The molecule has 1 amide bonds. The fourth-order valence-corrected chi connectivity index (χ4v) is 1.66. The molecule has 5 heteroatoms. The summed E-state index contributed by atoms with van der Waals surface area (Å²) in [6.07, 6.45) is 0. The third-order valence-electron chi connectivity index (χ3n) is 2.85. The Labute approximate surface area is 112 Å². The first-order valence-corrected chi connectivity index (χ1v) is 5.96. The second-order valence-electron chi connectivity index (χ2n) is 5.61. The van der Waals surface area contributed by atoms with Crippen LogP contribution in [0.5, 0.6) is 5.75 Å². The highest BCUT2D eigenvalue weighted by Gasteiger charge is 2.32. The van der Waals surface area contributed by atoms with Crippen LogP contribution in [0.25, 0.3) is 0 Å². The number of carbonyl (C=O) groups excluding carboxylic acids is 1. The third kappa shape index (κ3) is 3.71. The summed E-state index contributed by atoms with van der Waals surface area (Å²) in [6, 6.07) is 3.41. The zero-order valence-electron chi connectivity index (χ0n) is 11.5. The highest BCUT2D eigenvalue weighted by atomic mass is 16.4. The molecule has 3 N–H and O–H groups in total. The van der Waals surface area contributed by atoms with Crippen LogP contribution in [0.2, 0.25) is 0 Å². The maximum Gasteiger partial charge on any atom is 0.326 e. The fraction of sp³-hybridized carbons (Fsp3) is 0.429. The number of hydrogen-bond acceptors (Lipinski definition) is 3. The Hall–Kier alpha value is -2.04. The third-order valence-corrected chi connectivity index (χ3v) is 2.85. The molecule has 0 spiro atoms. The van der Waals surface area contributed by atoms with Gasteiger partial charge in [-0.25, -0.2) is 4.79 Å². The summed E-state index contributed by atoms with van der Waals surface area (Å²) in [5, 5.41) is 21.0. The largest absolute Gasteiger partial charge is 0.508 e. The number of carbonyl (C=O) groups is 2. The van der Waals surface area contributed by atoms with Crippen LogP contribution in [0.4, 0.5) is 0 Å². The molecule has 5 nitrogen and oxygen atoms in total. The molecule has 0 aromatic heterocycles. The molecule has 0 aliphatic heterocycles. The molecule has 0 aliphatic rings. The van der Waals surface area contributed by atoms with Gasteiger partial charge in [0.05, 0.1) is 0 Å². The van der Waals surface area contributed by atoms with Crippen LogP contribution in [0.15, 0.2) is 18.2 Å². The van der Waals surface area contributed by atoms with Crippen LogP contribution in [0, 0.1) is 12.3 Å². The van der Waals surface area contributed by atoms with Gasteiger partial charge in [-0.3, -0.25) is 4.79 Å². The van der Waals surface area contributed by atoms with E-state index in [9.17, 15) is 14.7 Å². The Bertz CT molecular complexity index is 503. The zero-order valence-corrected chi connectivity index (χ0v) is 11.5. The average Bonchev–Trinajstić information content (AvgIpc) is 2.27. The van der Waals surface area contributed by atoms with Crippen molar-refractivity contribution in [1.82, 2.24) is 5.32 Å². The molecule has 1 rings (SSSR count). The van der Waals surface area contributed by atoms with Gasteiger partial charge in [0.1, 0.15) is 11.8 Å². The first-order valence-electron chi connectivity index (χ1n) is 5.96. The first kappa shape index (κ1) is 15.0. The van der Waals surface area contributed by atoms with Crippen LogP contribution in [0.3, 0.4) is 0 Å². The van der Waals surface area contributed by atoms with E-state index in [1.54, 1.807) is 27.7 Å². The van der Waals surface area contributed by atoms with E-state index < -0.39 is 23.3 Å². The van der Waals surface area contributed by atoms with Crippen molar-refractivity contribution in [3.05, 3.63) is 29.3 Å². The van der Waals surface area contributed by atoms with Crippen molar-refractivity contribution in [3.8, 4) is 5.75 Å². The van der Waals surface area contributed by atoms with Crippen molar-refractivity contribution in [1.29, 1.82) is 0 Å². The topological polar surface area (TPSA) is 86.6 Å². The van der Waals surface area contributed by atoms with Gasteiger partial charge in [0, 0.05) is 5.56 Å². The molecule has 0 fully saturated rings. The normalized spacial score (nSPS) is 12.8. The van der Waals surface area contributed by atoms with Gasteiger partial charge in [-0.1, -0.05) is 20.8 Å². The van der Waals surface area contributed by atoms with Gasteiger partial charge < -0.3 is 15.5 Å². The van der Waals surface area contributed by atoms with E-state index in [-0.39, 0.29) is 5.75 Å². The molecule has 19 heavy (non-hydrogen) atoms. The molecular formula is C14H19NO4. The summed E-state index contributed by atoms with van der Waals surface area (Å²) < 4.78 is 0. The summed E-state index contributed by atoms with van der Waals surface area (Å²) in [5.41, 5.74) is 0.300. The van der Waals surface area contributed by atoms with E-state index in [1.165, 1.54) is 18.2 Å². The number of carboxylic acids is 1. The Balaban J connectivity index is 2.94. The van der Waals surface area contributed by atoms with Crippen LogP contribution >= 0.6 is 0 Å². The molecule has 0 unspecified atom stereocenters. The SMILES string of the molecule is Cc1cc(C(=O)N[C@H](C(=O)O)C(C)(C)C)ccc1O. The molecular weight excluding hydrogens is 246 g/mol. The summed E-state index contributed by atoms with van der Waals surface area (Å²) in [7, 11) is 0. The van der Waals surface area contributed by atoms with Crippen LogP contribution < -0.4 is 5.32 Å². The number of phenolic OH excluding ortho intramolecular Hbond substituents is 1. The second kappa shape index (κ2) is 5.30. The van der Waals surface area contributed by atoms with E-state index in [2.05, 4.69) is 5.32 Å². The van der Waals surface area contributed by atoms with E-state index in [0.717, 1.165) is 0 Å². The number of hydrogen-bond donors (Lipinski definition) is 3. The summed E-state index contributed by atoms with van der Waals surface area (Å²) in [5.74, 6) is -1.44. The summed E-state index contributed by atoms with van der Waals surface area (Å²) in [4.78, 5) is 23.2. The molecule has 0 saturated carbocycles. The van der Waals surface area contributed by atoms with E-state index in [0.29, 0.717) is 11.1 Å². The minimum atomic E-state index is -1.07. The lowest BCUT2D eigenvalue weighted by Gasteiger charge is -2.27. The summed E-state index contributed by atoms with van der Waals surface area (Å²) in [6.45, 7) is 6.90. The van der Waals surface area contributed by atoms with E-state index in [4.69, 9.17) is 5.11 Å². The smallest absolute Gasteiger partial charge is 0.326 e. The van der Waals surface area contributed by atoms with Crippen molar-refractivity contribution in [2.24, 2.45) is 5.41 Å². The quantitative estimate of drug-likeness (QED) is 0.779. The first-order chi connectivity index (χ1) is 8.62.